The third kappa shape index (κ3) is 4.20. The minimum absolute atomic E-state index is 0.0595. The number of aryl methyl sites for hydroxylation is 1. The van der Waals surface area contributed by atoms with Crippen LogP contribution in [0, 0.1) is 6.92 Å². The fourth-order valence-corrected chi connectivity index (χ4v) is 3.79. The Kier molecular flexibility index (Phi) is 6.80. The van der Waals surface area contributed by atoms with Crippen molar-refractivity contribution in [3.8, 4) is 5.75 Å². The highest BCUT2D eigenvalue weighted by Crippen LogP contribution is 2.40. The molecule has 0 radical (unpaired) electrons. The summed E-state index contributed by atoms with van der Waals surface area (Å²) in [6.07, 6.45) is 0.565. The first kappa shape index (κ1) is 21.9. The number of methoxy groups -OCH3 is 2. The number of ether oxygens (including phenoxy) is 2. The molecule has 1 N–H and O–H groups in total. The Labute approximate surface area is 180 Å². The second-order valence-corrected chi connectivity index (χ2v) is 7.51. The predicted octanol–water partition coefficient (Wildman–Crippen LogP) is 4.12. The van der Waals surface area contributed by atoms with Crippen molar-refractivity contribution in [1.29, 1.82) is 0 Å². The van der Waals surface area contributed by atoms with E-state index in [2.05, 4.69) is 0 Å². The van der Waals surface area contributed by atoms with Gasteiger partial charge >= 0.3 is 0 Å². The molecule has 158 valence electrons. The molecular formula is C23H24ClNO5. The van der Waals surface area contributed by atoms with E-state index in [1.54, 1.807) is 56.7 Å². The maximum Gasteiger partial charge on any atom is 0.295 e. The highest BCUT2D eigenvalue weighted by atomic mass is 35.5. The van der Waals surface area contributed by atoms with E-state index in [-0.39, 0.29) is 11.3 Å². The van der Waals surface area contributed by atoms with E-state index in [9.17, 15) is 14.7 Å². The summed E-state index contributed by atoms with van der Waals surface area (Å²) >= 11 is 6.02. The summed E-state index contributed by atoms with van der Waals surface area (Å²) in [4.78, 5) is 27.2. The van der Waals surface area contributed by atoms with E-state index in [0.29, 0.717) is 41.5 Å². The lowest BCUT2D eigenvalue weighted by Crippen LogP contribution is -2.31. The number of amides is 1. The molecule has 30 heavy (non-hydrogen) atoms. The zero-order valence-electron chi connectivity index (χ0n) is 17.1. The number of hydrogen-bond acceptors (Lipinski definition) is 5. The lowest BCUT2D eigenvalue weighted by Gasteiger charge is -2.25. The van der Waals surface area contributed by atoms with Crippen molar-refractivity contribution < 1.29 is 24.2 Å². The topological polar surface area (TPSA) is 76.1 Å². The fraction of sp³-hybridized carbons (Fsp3) is 0.304. The van der Waals surface area contributed by atoms with E-state index in [1.165, 1.54) is 4.90 Å². The number of ketones is 1. The van der Waals surface area contributed by atoms with Gasteiger partial charge in [-0.2, -0.15) is 0 Å². The fourth-order valence-electron chi connectivity index (χ4n) is 3.66. The van der Waals surface area contributed by atoms with Gasteiger partial charge < -0.3 is 19.5 Å². The van der Waals surface area contributed by atoms with Crippen LogP contribution in [0.5, 0.6) is 5.75 Å². The molecule has 6 nitrogen and oxygen atoms in total. The van der Waals surface area contributed by atoms with Gasteiger partial charge in [0.15, 0.2) is 0 Å². The molecule has 3 rings (SSSR count). The van der Waals surface area contributed by atoms with Crippen LogP contribution in [0.25, 0.3) is 5.76 Å². The normalized spacial score (nSPS) is 18.1. The Morgan fingerprint density at radius 3 is 2.43 bits per heavy atom. The Balaban J connectivity index is 2.12. The van der Waals surface area contributed by atoms with Gasteiger partial charge in [0.25, 0.3) is 11.7 Å². The van der Waals surface area contributed by atoms with Crippen LogP contribution in [0.3, 0.4) is 0 Å². The zero-order valence-corrected chi connectivity index (χ0v) is 17.9. The van der Waals surface area contributed by atoms with Gasteiger partial charge in [-0.05, 0) is 54.8 Å². The average molecular weight is 430 g/mol. The molecule has 1 fully saturated rings. The van der Waals surface area contributed by atoms with Crippen molar-refractivity contribution in [3.63, 3.8) is 0 Å². The molecule has 1 unspecified atom stereocenters. The van der Waals surface area contributed by atoms with Crippen LogP contribution in [0.1, 0.15) is 29.2 Å². The second-order valence-electron chi connectivity index (χ2n) is 7.07. The number of Topliss-reactive ketones (excluding diaryl/α,β-unsaturated/α-hetero) is 1. The van der Waals surface area contributed by atoms with Gasteiger partial charge in [0.1, 0.15) is 11.5 Å². The van der Waals surface area contributed by atoms with Gasteiger partial charge in [0.05, 0.1) is 18.7 Å². The van der Waals surface area contributed by atoms with Gasteiger partial charge in [-0.3, -0.25) is 9.59 Å². The lowest BCUT2D eigenvalue weighted by atomic mass is 9.94. The number of nitrogens with zero attached hydrogens (tertiary/aromatic N) is 1. The number of hydrogen-bond donors (Lipinski definition) is 1. The lowest BCUT2D eigenvalue weighted by molar-refractivity contribution is -0.140. The number of aliphatic hydroxyl groups excluding tert-OH is 1. The molecule has 7 heteroatoms. The minimum atomic E-state index is -0.710. The standard InChI is InChI=1S/C23H24ClNO5/c1-14-13-16(7-10-18(14)30-3)21(26)19-20(15-5-8-17(24)9-6-15)25(11-4-12-29-2)23(28)22(19)27/h5-10,13,20,26H,4,11-12H2,1-3H3/b21-19+. The average Bonchev–Trinajstić information content (AvgIpc) is 2.99. The molecule has 0 aromatic heterocycles. The minimum Gasteiger partial charge on any atom is -0.507 e. The first-order chi connectivity index (χ1) is 14.4. The first-order valence-corrected chi connectivity index (χ1v) is 9.94. The Bertz CT molecular complexity index is 984. The van der Waals surface area contributed by atoms with Crippen molar-refractivity contribution in [2.45, 2.75) is 19.4 Å². The molecule has 1 aliphatic heterocycles. The summed E-state index contributed by atoms with van der Waals surface area (Å²) < 4.78 is 10.4. The van der Waals surface area contributed by atoms with Crippen LogP contribution in [0.15, 0.2) is 48.0 Å². The first-order valence-electron chi connectivity index (χ1n) is 9.56. The van der Waals surface area contributed by atoms with Gasteiger partial charge in [-0.1, -0.05) is 23.7 Å². The molecule has 0 saturated carbocycles. The van der Waals surface area contributed by atoms with E-state index in [4.69, 9.17) is 21.1 Å². The summed E-state index contributed by atoms with van der Waals surface area (Å²) in [6.45, 7) is 2.62. The van der Waals surface area contributed by atoms with Gasteiger partial charge in [-0.25, -0.2) is 0 Å². The number of aliphatic hydroxyl groups is 1. The van der Waals surface area contributed by atoms with E-state index in [1.807, 2.05) is 6.92 Å². The van der Waals surface area contributed by atoms with Crippen LogP contribution in [-0.2, 0) is 14.3 Å². The third-order valence-corrected chi connectivity index (χ3v) is 5.39. The Morgan fingerprint density at radius 1 is 1.13 bits per heavy atom. The van der Waals surface area contributed by atoms with Gasteiger partial charge in [-0.15, -0.1) is 0 Å². The number of carbonyl (C=O) groups is 2. The summed E-state index contributed by atoms with van der Waals surface area (Å²) in [5.74, 6) is -0.898. The maximum atomic E-state index is 12.9. The van der Waals surface area contributed by atoms with Gasteiger partial charge in [0, 0.05) is 30.8 Å². The summed E-state index contributed by atoms with van der Waals surface area (Å²) in [7, 11) is 3.14. The van der Waals surface area contributed by atoms with E-state index in [0.717, 1.165) is 5.56 Å². The molecule has 0 spiro atoms. The van der Waals surface area contributed by atoms with Crippen molar-refractivity contribution in [2.24, 2.45) is 0 Å². The Hall–Kier alpha value is -2.83. The van der Waals surface area contributed by atoms with Crippen LogP contribution < -0.4 is 4.74 Å². The molecule has 2 aromatic rings. The van der Waals surface area contributed by atoms with Crippen LogP contribution in [0.4, 0.5) is 0 Å². The molecule has 1 heterocycles. The highest BCUT2D eigenvalue weighted by Gasteiger charge is 2.45. The number of likely N-dealkylation sites (tertiary alicyclic amines) is 1. The quantitative estimate of drug-likeness (QED) is 0.310. The number of benzene rings is 2. The Morgan fingerprint density at radius 2 is 1.83 bits per heavy atom. The highest BCUT2D eigenvalue weighted by molar-refractivity contribution is 6.46. The maximum absolute atomic E-state index is 12.9. The van der Waals surface area contributed by atoms with Crippen LogP contribution >= 0.6 is 11.6 Å². The molecule has 1 amide bonds. The van der Waals surface area contributed by atoms with Gasteiger partial charge in [0.2, 0.25) is 0 Å². The summed E-state index contributed by atoms with van der Waals surface area (Å²) in [5.41, 5.74) is 2.01. The summed E-state index contributed by atoms with van der Waals surface area (Å²) in [5, 5.41) is 11.6. The SMILES string of the molecule is COCCCN1C(=O)C(=O)/C(=C(/O)c2ccc(OC)c(C)c2)C1c1ccc(Cl)cc1. The third-order valence-electron chi connectivity index (χ3n) is 5.14. The molecule has 0 aliphatic carbocycles. The molecule has 1 aliphatic rings. The van der Waals surface area contributed by atoms with Crippen molar-refractivity contribution in [1.82, 2.24) is 4.90 Å². The van der Waals surface area contributed by atoms with Crippen LogP contribution in [-0.4, -0.2) is 49.1 Å². The molecule has 1 atom stereocenters. The second kappa shape index (κ2) is 9.32. The van der Waals surface area contributed by atoms with E-state index < -0.39 is 17.7 Å². The number of rotatable bonds is 7. The number of carbonyl (C=O) groups excluding carboxylic acids is 2. The molecule has 1 saturated heterocycles. The predicted molar refractivity (Wildman–Crippen MR) is 115 cm³/mol. The molecule has 0 bridgehead atoms. The smallest absolute Gasteiger partial charge is 0.295 e. The van der Waals surface area contributed by atoms with Crippen molar-refractivity contribution in [3.05, 3.63) is 69.8 Å². The molecule has 2 aromatic carbocycles. The monoisotopic (exact) mass is 429 g/mol. The zero-order chi connectivity index (χ0) is 21.8. The number of halogens is 1. The van der Waals surface area contributed by atoms with Crippen LogP contribution in [0.2, 0.25) is 5.02 Å². The largest absolute Gasteiger partial charge is 0.507 e. The molecular weight excluding hydrogens is 406 g/mol. The van der Waals surface area contributed by atoms with E-state index >= 15 is 0 Å². The summed E-state index contributed by atoms with van der Waals surface area (Å²) in [6, 6.07) is 11.3. The van der Waals surface area contributed by atoms with Crippen molar-refractivity contribution in [2.75, 3.05) is 27.4 Å². The van der Waals surface area contributed by atoms with Crippen molar-refractivity contribution >= 4 is 29.1 Å².